The zero-order chi connectivity index (χ0) is 10.2. The molecule has 0 N–H and O–H groups in total. The van der Waals surface area contributed by atoms with Crippen molar-refractivity contribution in [3.8, 4) is 0 Å². The first-order chi connectivity index (χ1) is 6.18. The fourth-order valence-corrected chi connectivity index (χ4v) is 2.06. The molecule has 0 fully saturated rings. The summed E-state index contributed by atoms with van der Waals surface area (Å²) < 4.78 is 37.4. The first-order valence-corrected chi connectivity index (χ1v) is 5.94. The van der Waals surface area contributed by atoms with Crippen molar-refractivity contribution in [2.75, 3.05) is 39.2 Å². The quantitative estimate of drug-likeness (QED) is 0.476. The molecular formula is C6H13ClFO4P. The lowest BCUT2D eigenvalue weighted by atomic mass is 10.9. The maximum Gasteiger partial charge on any atom is 0.356 e. The molecule has 1 atom stereocenters. The topological polar surface area (TPSA) is 44.8 Å². The van der Waals surface area contributed by atoms with E-state index in [1.54, 1.807) is 0 Å². The first kappa shape index (κ1) is 13.3. The maximum absolute atomic E-state index is 11.7. The average Bonchev–Trinajstić information content (AvgIpc) is 2.12. The van der Waals surface area contributed by atoms with Gasteiger partial charge in [-0.25, -0.2) is 4.39 Å². The van der Waals surface area contributed by atoms with Gasteiger partial charge in [0.1, 0.15) is 13.0 Å². The van der Waals surface area contributed by atoms with Crippen molar-refractivity contribution in [2.24, 2.45) is 0 Å². The molecule has 0 aliphatic heterocycles. The Balaban J connectivity index is 3.92. The normalized spacial score (nSPS) is 15.6. The Morgan fingerprint density at radius 1 is 1.38 bits per heavy atom. The smallest absolute Gasteiger partial charge is 0.356 e. The summed E-state index contributed by atoms with van der Waals surface area (Å²) in [6, 6.07) is 0. The van der Waals surface area contributed by atoms with E-state index in [0.717, 1.165) is 0 Å². The highest BCUT2D eigenvalue weighted by Gasteiger charge is 2.23. The van der Waals surface area contributed by atoms with Gasteiger partial charge in [-0.05, 0) is 0 Å². The van der Waals surface area contributed by atoms with E-state index in [1.807, 2.05) is 0 Å². The number of methoxy groups -OCH3 is 1. The Morgan fingerprint density at radius 3 is 2.46 bits per heavy atom. The van der Waals surface area contributed by atoms with Crippen LogP contribution < -0.4 is 0 Å². The van der Waals surface area contributed by atoms with Crippen LogP contribution in [0.25, 0.3) is 0 Å². The predicted octanol–water partition coefficient (Wildman–Crippen LogP) is 2.02. The highest BCUT2D eigenvalue weighted by molar-refractivity contribution is 7.53. The van der Waals surface area contributed by atoms with Gasteiger partial charge in [-0.2, -0.15) is 0 Å². The van der Waals surface area contributed by atoms with Gasteiger partial charge in [0.2, 0.25) is 0 Å². The van der Waals surface area contributed by atoms with Crippen molar-refractivity contribution < 1.29 is 22.7 Å². The fourth-order valence-electron chi connectivity index (χ4n) is 0.617. The third-order valence-corrected chi connectivity index (χ3v) is 2.90. The van der Waals surface area contributed by atoms with Crippen molar-refractivity contribution in [3.63, 3.8) is 0 Å². The fraction of sp³-hybridized carbons (Fsp3) is 1.00. The zero-order valence-corrected chi connectivity index (χ0v) is 9.02. The highest BCUT2D eigenvalue weighted by atomic mass is 35.5. The largest absolute Gasteiger partial charge is 0.372 e. The summed E-state index contributed by atoms with van der Waals surface area (Å²) in [4.78, 5) is 0. The van der Waals surface area contributed by atoms with E-state index in [-0.39, 0.29) is 25.4 Å². The Labute approximate surface area is 81.8 Å². The van der Waals surface area contributed by atoms with Gasteiger partial charge >= 0.3 is 7.60 Å². The number of hydrogen-bond acceptors (Lipinski definition) is 4. The lowest BCUT2D eigenvalue weighted by molar-refractivity contribution is 0.156. The van der Waals surface area contributed by atoms with Gasteiger partial charge in [0.15, 0.2) is 0 Å². The molecule has 0 saturated carbocycles. The Morgan fingerprint density at radius 2 is 2.00 bits per heavy atom. The third kappa shape index (κ3) is 6.41. The van der Waals surface area contributed by atoms with Gasteiger partial charge in [0.25, 0.3) is 0 Å². The number of halogens is 2. The monoisotopic (exact) mass is 234 g/mol. The summed E-state index contributed by atoms with van der Waals surface area (Å²) in [5.41, 5.74) is 0. The number of hydrogen-bond donors (Lipinski definition) is 0. The molecule has 0 saturated heterocycles. The van der Waals surface area contributed by atoms with E-state index in [2.05, 4.69) is 4.74 Å². The number of alkyl halides is 2. The van der Waals surface area contributed by atoms with Crippen molar-refractivity contribution in [1.29, 1.82) is 0 Å². The molecule has 0 aliphatic rings. The summed E-state index contributed by atoms with van der Waals surface area (Å²) in [7, 11) is -1.94. The van der Waals surface area contributed by atoms with Crippen LogP contribution in [-0.2, 0) is 18.3 Å². The van der Waals surface area contributed by atoms with Crippen LogP contribution in [0.3, 0.4) is 0 Å². The van der Waals surface area contributed by atoms with Crippen LogP contribution in [0, 0.1) is 0 Å². The molecule has 80 valence electrons. The van der Waals surface area contributed by atoms with E-state index in [1.165, 1.54) is 7.11 Å². The van der Waals surface area contributed by atoms with E-state index < -0.39 is 14.3 Å². The second-order valence-corrected chi connectivity index (χ2v) is 4.45. The minimum Gasteiger partial charge on any atom is -0.372 e. The lowest BCUT2D eigenvalue weighted by Gasteiger charge is -2.15. The van der Waals surface area contributed by atoms with Gasteiger partial charge in [0.05, 0.1) is 13.2 Å². The summed E-state index contributed by atoms with van der Waals surface area (Å²) in [5.74, 6) is 0.201. The second kappa shape index (κ2) is 7.71. The summed E-state index contributed by atoms with van der Waals surface area (Å²) in [6.07, 6.45) is -0.191. The minimum atomic E-state index is -3.30. The molecular weight excluding hydrogens is 221 g/mol. The van der Waals surface area contributed by atoms with Crippen LogP contribution in [0.4, 0.5) is 4.39 Å². The molecule has 0 aromatic carbocycles. The van der Waals surface area contributed by atoms with E-state index in [0.29, 0.717) is 0 Å². The molecule has 1 unspecified atom stereocenters. The SMILES string of the molecule is COCP(=O)(OCCF)OCCCl. The summed E-state index contributed by atoms with van der Waals surface area (Å²) in [5, 5.41) is 0. The number of rotatable bonds is 8. The summed E-state index contributed by atoms with van der Waals surface area (Å²) in [6.45, 7) is -0.880. The molecule has 0 aromatic heterocycles. The van der Waals surface area contributed by atoms with Gasteiger partial charge in [-0.3, -0.25) is 4.57 Å². The van der Waals surface area contributed by atoms with Crippen LogP contribution in [-0.4, -0.2) is 39.2 Å². The standard InChI is InChI=1S/C6H13ClFO4P/c1-10-6-13(9,11-4-2-7)12-5-3-8/h2-6H2,1H3. The van der Waals surface area contributed by atoms with E-state index >= 15 is 0 Å². The average molecular weight is 235 g/mol. The molecule has 0 heterocycles. The molecule has 0 spiro atoms. The Hall–Kier alpha value is 0.330. The van der Waals surface area contributed by atoms with Gasteiger partial charge < -0.3 is 13.8 Å². The second-order valence-electron chi connectivity index (χ2n) is 2.07. The molecule has 0 rings (SSSR count). The minimum absolute atomic E-state index is 0.0917. The highest BCUT2D eigenvalue weighted by Crippen LogP contribution is 2.47. The molecule has 0 aromatic rings. The van der Waals surface area contributed by atoms with Gasteiger partial charge in [-0.15, -0.1) is 11.6 Å². The molecule has 4 nitrogen and oxygen atoms in total. The van der Waals surface area contributed by atoms with Crippen molar-refractivity contribution in [3.05, 3.63) is 0 Å². The van der Waals surface area contributed by atoms with Crippen LogP contribution in [0.15, 0.2) is 0 Å². The first-order valence-electron chi connectivity index (χ1n) is 3.67. The third-order valence-electron chi connectivity index (χ3n) is 1.02. The van der Waals surface area contributed by atoms with Crippen LogP contribution in [0.2, 0.25) is 0 Å². The molecule has 0 radical (unpaired) electrons. The van der Waals surface area contributed by atoms with E-state index in [4.69, 9.17) is 20.6 Å². The van der Waals surface area contributed by atoms with Crippen LogP contribution in [0.1, 0.15) is 0 Å². The van der Waals surface area contributed by atoms with Gasteiger partial charge in [0, 0.05) is 13.0 Å². The van der Waals surface area contributed by atoms with Crippen LogP contribution in [0.5, 0.6) is 0 Å². The van der Waals surface area contributed by atoms with Crippen molar-refractivity contribution in [2.45, 2.75) is 0 Å². The zero-order valence-electron chi connectivity index (χ0n) is 7.37. The molecule has 7 heteroatoms. The lowest BCUT2D eigenvalue weighted by Crippen LogP contribution is -2.05. The summed E-state index contributed by atoms with van der Waals surface area (Å²) >= 11 is 5.33. The van der Waals surface area contributed by atoms with Crippen molar-refractivity contribution >= 4 is 19.2 Å². The predicted molar refractivity (Wildman–Crippen MR) is 48.1 cm³/mol. The molecule has 0 aliphatic carbocycles. The number of ether oxygens (including phenoxy) is 1. The Kier molecular flexibility index (Phi) is 7.90. The Bertz CT molecular complexity index is 157. The molecule has 0 bridgehead atoms. The maximum atomic E-state index is 11.7. The molecule has 13 heavy (non-hydrogen) atoms. The van der Waals surface area contributed by atoms with E-state index in [9.17, 15) is 8.96 Å². The molecule has 0 amide bonds. The van der Waals surface area contributed by atoms with Crippen molar-refractivity contribution in [1.82, 2.24) is 0 Å². The van der Waals surface area contributed by atoms with Crippen LogP contribution >= 0.6 is 19.2 Å². The van der Waals surface area contributed by atoms with Gasteiger partial charge in [-0.1, -0.05) is 0 Å².